The smallest absolute Gasteiger partial charge is 0.230 e. The molecular weight excluding hydrogens is 388 g/mol. The number of thiophene rings is 1. The van der Waals surface area contributed by atoms with Crippen molar-refractivity contribution in [3.63, 3.8) is 0 Å². The second-order valence-corrected chi connectivity index (χ2v) is 9.64. The van der Waals surface area contributed by atoms with Crippen LogP contribution in [0.25, 0.3) is 11.4 Å². The van der Waals surface area contributed by atoms with Gasteiger partial charge >= 0.3 is 0 Å². The van der Waals surface area contributed by atoms with Gasteiger partial charge in [-0.1, -0.05) is 62.9 Å². The molecule has 0 aliphatic carbocycles. The molecule has 3 aromatic rings. The molecule has 1 N–H and O–H groups in total. The minimum absolute atomic E-state index is 0.0145. The molecule has 0 aliphatic heterocycles. The molecule has 7 heteroatoms. The minimum Gasteiger partial charge on any atom is -0.355 e. The van der Waals surface area contributed by atoms with Crippen LogP contribution in [0.15, 0.2) is 46.9 Å². The van der Waals surface area contributed by atoms with Crippen molar-refractivity contribution in [2.45, 2.75) is 37.8 Å². The maximum atomic E-state index is 12.1. The molecule has 2 aromatic heterocycles. The van der Waals surface area contributed by atoms with Crippen LogP contribution in [0.3, 0.4) is 0 Å². The van der Waals surface area contributed by atoms with Gasteiger partial charge in [-0.15, -0.1) is 21.5 Å². The number of amides is 1. The second kappa shape index (κ2) is 8.92. The molecule has 28 heavy (non-hydrogen) atoms. The normalized spacial score (nSPS) is 11.6. The third kappa shape index (κ3) is 5.23. The summed E-state index contributed by atoms with van der Waals surface area (Å²) in [4.78, 5) is 13.4. The van der Waals surface area contributed by atoms with Crippen LogP contribution in [0.5, 0.6) is 0 Å². The third-order valence-electron chi connectivity index (χ3n) is 4.45. The molecule has 1 aromatic carbocycles. The van der Waals surface area contributed by atoms with Crippen LogP contribution in [0.1, 0.15) is 31.2 Å². The summed E-state index contributed by atoms with van der Waals surface area (Å²) >= 11 is 3.12. The summed E-state index contributed by atoms with van der Waals surface area (Å²) in [5, 5.41) is 14.3. The van der Waals surface area contributed by atoms with Gasteiger partial charge in [-0.05, 0) is 28.8 Å². The number of carbonyl (C=O) groups is 1. The van der Waals surface area contributed by atoms with Gasteiger partial charge in [-0.25, -0.2) is 0 Å². The summed E-state index contributed by atoms with van der Waals surface area (Å²) in [5.74, 6) is 1.15. The highest BCUT2D eigenvalue weighted by Crippen LogP contribution is 2.26. The van der Waals surface area contributed by atoms with E-state index in [4.69, 9.17) is 0 Å². The summed E-state index contributed by atoms with van der Waals surface area (Å²) in [5.41, 5.74) is 2.43. The predicted octanol–water partition coefficient (Wildman–Crippen LogP) is 4.29. The molecule has 148 valence electrons. The maximum absolute atomic E-state index is 12.1. The summed E-state index contributed by atoms with van der Waals surface area (Å²) in [7, 11) is 1.93. The van der Waals surface area contributed by atoms with Gasteiger partial charge < -0.3 is 9.88 Å². The topological polar surface area (TPSA) is 59.8 Å². The van der Waals surface area contributed by atoms with Crippen molar-refractivity contribution in [3.05, 3.63) is 52.2 Å². The van der Waals surface area contributed by atoms with Crippen molar-refractivity contribution < 1.29 is 4.79 Å². The molecular formula is C21H26N4OS2. The monoisotopic (exact) mass is 414 g/mol. The lowest BCUT2D eigenvalue weighted by Gasteiger charge is -2.19. The lowest BCUT2D eigenvalue weighted by molar-refractivity contribution is -0.118. The molecule has 0 atom stereocenters. The Morgan fingerprint density at radius 2 is 1.93 bits per heavy atom. The Hall–Kier alpha value is -2.12. The van der Waals surface area contributed by atoms with Crippen LogP contribution < -0.4 is 5.32 Å². The molecule has 0 spiro atoms. The van der Waals surface area contributed by atoms with Crippen LogP contribution in [0.2, 0.25) is 0 Å². The zero-order valence-electron chi connectivity index (χ0n) is 16.7. The van der Waals surface area contributed by atoms with Crippen molar-refractivity contribution in [2.24, 2.45) is 7.05 Å². The van der Waals surface area contributed by atoms with Crippen LogP contribution in [-0.2, 0) is 23.7 Å². The number of nitrogens with zero attached hydrogens (tertiary/aromatic N) is 3. The molecule has 0 aliphatic rings. The van der Waals surface area contributed by atoms with Crippen molar-refractivity contribution in [1.29, 1.82) is 0 Å². The fourth-order valence-corrected chi connectivity index (χ4v) is 4.22. The Labute approximate surface area is 174 Å². The second-order valence-electron chi connectivity index (χ2n) is 7.66. The number of hydrogen-bond acceptors (Lipinski definition) is 5. The third-order valence-corrected chi connectivity index (χ3v) is 6.41. The van der Waals surface area contributed by atoms with Crippen LogP contribution in [0.4, 0.5) is 0 Å². The number of rotatable bonds is 7. The van der Waals surface area contributed by atoms with Crippen LogP contribution in [0, 0.1) is 0 Å². The van der Waals surface area contributed by atoms with Crippen molar-refractivity contribution in [1.82, 2.24) is 20.1 Å². The molecule has 3 rings (SSSR count). The van der Waals surface area contributed by atoms with E-state index in [2.05, 4.69) is 72.0 Å². The van der Waals surface area contributed by atoms with Gasteiger partial charge in [0.2, 0.25) is 5.91 Å². The summed E-state index contributed by atoms with van der Waals surface area (Å²) in [6, 6.07) is 12.5. The first-order chi connectivity index (χ1) is 13.3. The van der Waals surface area contributed by atoms with Crippen LogP contribution in [-0.4, -0.2) is 33.0 Å². The number of aromatic nitrogens is 3. The highest BCUT2D eigenvalue weighted by Gasteiger charge is 2.16. The average Bonchev–Trinajstić information content (AvgIpc) is 3.29. The van der Waals surface area contributed by atoms with E-state index in [0.29, 0.717) is 12.3 Å². The van der Waals surface area contributed by atoms with Gasteiger partial charge in [0.05, 0.1) is 5.75 Å². The number of carbonyl (C=O) groups excluding carboxylic acids is 1. The molecule has 1 amide bonds. The van der Waals surface area contributed by atoms with Gasteiger partial charge in [0.15, 0.2) is 11.0 Å². The lowest BCUT2D eigenvalue weighted by atomic mass is 9.87. The first-order valence-electron chi connectivity index (χ1n) is 9.27. The highest BCUT2D eigenvalue weighted by atomic mass is 32.2. The number of benzene rings is 1. The average molecular weight is 415 g/mol. The zero-order chi connectivity index (χ0) is 20.1. The molecule has 0 bridgehead atoms. The standard InChI is InChI=1S/C21H26N4OS2/c1-21(2,3)16-9-7-15(8-10-16)19-23-24-20(25(19)4)28-14-18(26)22-12-11-17-6-5-13-27-17/h5-10,13H,11-12,14H2,1-4H3,(H,22,26). The first-order valence-corrected chi connectivity index (χ1v) is 11.1. The number of nitrogens with one attached hydrogen (secondary N) is 1. The minimum atomic E-state index is 0.0145. The van der Waals surface area contributed by atoms with E-state index in [1.54, 1.807) is 11.3 Å². The van der Waals surface area contributed by atoms with E-state index in [1.807, 2.05) is 17.7 Å². The van der Waals surface area contributed by atoms with Gasteiger partial charge in [0, 0.05) is 24.0 Å². The van der Waals surface area contributed by atoms with E-state index in [-0.39, 0.29) is 11.3 Å². The molecule has 0 unspecified atom stereocenters. The van der Waals surface area contributed by atoms with E-state index in [9.17, 15) is 4.79 Å². The fourth-order valence-electron chi connectivity index (χ4n) is 2.77. The number of thioether (sulfide) groups is 1. The summed E-state index contributed by atoms with van der Waals surface area (Å²) in [6.45, 7) is 7.25. The molecule has 0 saturated heterocycles. The Morgan fingerprint density at radius 3 is 2.57 bits per heavy atom. The highest BCUT2D eigenvalue weighted by molar-refractivity contribution is 7.99. The predicted molar refractivity (Wildman–Crippen MR) is 117 cm³/mol. The fraction of sp³-hybridized carbons (Fsp3) is 0.381. The Morgan fingerprint density at radius 1 is 1.18 bits per heavy atom. The van der Waals surface area contributed by atoms with Gasteiger partial charge in [-0.3, -0.25) is 4.79 Å². The number of hydrogen-bond donors (Lipinski definition) is 1. The lowest BCUT2D eigenvalue weighted by Crippen LogP contribution is -2.27. The molecule has 0 saturated carbocycles. The molecule has 5 nitrogen and oxygen atoms in total. The molecule has 0 fully saturated rings. The van der Waals surface area contributed by atoms with Gasteiger partial charge in [-0.2, -0.15) is 0 Å². The molecule has 2 heterocycles. The van der Waals surface area contributed by atoms with Crippen molar-refractivity contribution in [3.8, 4) is 11.4 Å². The van der Waals surface area contributed by atoms with Crippen molar-refractivity contribution in [2.75, 3.05) is 12.3 Å². The Bertz CT molecular complexity index is 909. The van der Waals surface area contributed by atoms with E-state index < -0.39 is 0 Å². The van der Waals surface area contributed by atoms with Crippen molar-refractivity contribution >= 4 is 29.0 Å². The van der Waals surface area contributed by atoms with E-state index in [0.717, 1.165) is 23.0 Å². The van der Waals surface area contributed by atoms with E-state index in [1.165, 1.54) is 22.2 Å². The zero-order valence-corrected chi connectivity index (χ0v) is 18.4. The Balaban J connectivity index is 1.55. The first kappa shape index (κ1) is 20.6. The summed E-state index contributed by atoms with van der Waals surface area (Å²) < 4.78 is 1.94. The Kier molecular flexibility index (Phi) is 6.57. The molecule has 0 radical (unpaired) electrons. The van der Waals surface area contributed by atoms with E-state index >= 15 is 0 Å². The van der Waals surface area contributed by atoms with Gasteiger partial charge in [0.25, 0.3) is 0 Å². The SMILES string of the molecule is Cn1c(SCC(=O)NCCc2cccs2)nnc1-c1ccc(C(C)(C)C)cc1. The van der Waals surface area contributed by atoms with Gasteiger partial charge in [0.1, 0.15) is 0 Å². The van der Waals surface area contributed by atoms with Crippen LogP contribution >= 0.6 is 23.1 Å². The quantitative estimate of drug-likeness (QED) is 0.586. The summed E-state index contributed by atoms with van der Waals surface area (Å²) in [6.07, 6.45) is 0.868. The maximum Gasteiger partial charge on any atom is 0.230 e. The largest absolute Gasteiger partial charge is 0.355 e.